The molecular weight excluding hydrogens is 170 g/mol. The van der Waals surface area contributed by atoms with Gasteiger partial charge in [0.15, 0.2) is 0 Å². The Morgan fingerprint density at radius 2 is 1.85 bits per heavy atom. The summed E-state index contributed by atoms with van der Waals surface area (Å²) >= 11 is 0. The summed E-state index contributed by atoms with van der Waals surface area (Å²) < 4.78 is 10.3. The number of hydrogen-bond donors (Lipinski definition) is 0. The highest BCUT2D eigenvalue weighted by molar-refractivity contribution is 5.83. The molecule has 0 saturated carbocycles. The van der Waals surface area contributed by atoms with Crippen LogP contribution in [0.3, 0.4) is 0 Å². The summed E-state index contributed by atoms with van der Waals surface area (Å²) in [7, 11) is 0. The molecule has 0 N–H and O–H groups in total. The highest BCUT2D eigenvalue weighted by Gasteiger charge is 2.43. The molecule has 0 aromatic heterocycles. The largest absolute Gasteiger partial charge is 0.379 e. The number of hydrogen-bond acceptors (Lipinski definition) is 3. The molecule has 0 atom stereocenters. The van der Waals surface area contributed by atoms with E-state index in [1.165, 1.54) is 0 Å². The van der Waals surface area contributed by atoms with E-state index in [1.54, 1.807) is 0 Å². The molecule has 13 heavy (non-hydrogen) atoms. The van der Waals surface area contributed by atoms with Gasteiger partial charge < -0.3 is 14.4 Å². The molecular formula is C9H15NO3. The molecule has 4 nitrogen and oxygen atoms in total. The predicted molar refractivity (Wildman–Crippen MR) is 46.3 cm³/mol. The Hall–Kier alpha value is -0.610. The molecule has 2 aliphatic rings. The van der Waals surface area contributed by atoms with E-state index in [4.69, 9.17) is 9.47 Å². The highest BCUT2D eigenvalue weighted by Crippen LogP contribution is 2.29. The van der Waals surface area contributed by atoms with E-state index < -0.39 is 0 Å². The summed E-state index contributed by atoms with van der Waals surface area (Å²) in [5.74, 6) is 0.224. The van der Waals surface area contributed by atoms with Crippen LogP contribution in [0.4, 0.5) is 0 Å². The van der Waals surface area contributed by atoms with Crippen molar-refractivity contribution in [3.05, 3.63) is 0 Å². The van der Waals surface area contributed by atoms with Crippen LogP contribution in [-0.2, 0) is 14.3 Å². The lowest BCUT2D eigenvalue weighted by Crippen LogP contribution is -2.55. The predicted octanol–water partition coefficient (Wildman–Crippen LogP) is -0.118. The zero-order chi connectivity index (χ0) is 9.31. The maximum absolute atomic E-state index is 11.9. The van der Waals surface area contributed by atoms with Gasteiger partial charge in [-0.05, 0) is 6.92 Å². The first-order chi connectivity index (χ1) is 6.22. The summed E-state index contributed by atoms with van der Waals surface area (Å²) in [6.07, 6.45) is 0. The normalized spacial score (nSPS) is 26.7. The van der Waals surface area contributed by atoms with Gasteiger partial charge in [-0.1, -0.05) is 0 Å². The summed E-state index contributed by atoms with van der Waals surface area (Å²) in [5.41, 5.74) is -0.253. The molecule has 4 heteroatoms. The van der Waals surface area contributed by atoms with Crippen molar-refractivity contribution in [1.29, 1.82) is 0 Å². The Morgan fingerprint density at radius 3 is 2.31 bits per heavy atom. The van der Waals surface area contributed by atoms with Gasteiger partial charge in [0, 0.05) is 13.1 Å². The molecule has 2 saturated heterocycles. The van der Waals surface area contributed by atoms with Crippen LogP contribution in [0.25, 0.3) is 0 Å². The number of rotatable bonds is 1. The lowest BCUT2D eigenvalue weighted by atomic mass is 9.87. The molecule has 0 bridgehead atoms. The van der Waals surface area contributed by atoms with Crippen molar-refractivity contribution in [2.75, 3.05) is 39.5 Å². The molecule has 74 valence electrons. The van der Waals surface area contributed by atoms with E-state index in [2.05, 4.69) is 0 Å². The Bertz CT molecular complexity index is 207. The summed E-state index contributed by atoms with van der Waals surface area (Å²) in [6.45, 7) is 5.91. The average molecular weight is 185 g/mol. The van der Waals surface area contributed by atoms with Gasteiger partial charge in [-0.25, -0.2) is 0 Å². The van der Waals surface area contributed by atoms with Gasteiger partial charge in [-0.2, -0.15) is 0 Å². The highest BCUT2D eigenvalue weighted by atomic mass is 16.5. The molecule has 0 aliphatic carbocycles. The van der Waals surface area contributed by atoms with Crippen LogP contribution < -0.4 is 0 Å². The monoisotopic (exact) mass is 185 g/mol. The van der Waals surface area contributed by atoms with Crippen LogP contribution in [0.2, 0.25) is 0 Å². The third kappa shape index (κ3) is 1.56. The molecule has 2 fully saturated rings. The molecule has 0 unspecified atom stereocenters. The Morgan fingerprint density at radius 1 is 1.23 bits per heavy atom. The number of morpholine rings is 1. The number of carbonyl (C=O) groups is 1. The Kier molecular flexibility index (Phi) is 2.26. The first-order valence-electron chi connectivity index (χ1n) is 4.67. The van der Waals surface area contributed by atoms with Crippen LogP contribution in [0.1, 0.15) is 6.92 Å². The van der Waals surface area contributed by atoms with Crippen LogP contribution in [0.5, 0.6) is 0 Å². The molecule has 0 radical (unpaired) electrons. The van der Waals surface area contributed by atoms with Gasteiger partial charge in [0.1, 0.15) is 0 Å². The fourth-order valence-corrected chi connectivity index (χ4v) is 1.68. The number of ether oxygens (including phenoxy) is 2. The van der Waals surface area contributed by atoms with E-state index in [-0.39, 0.29) is 11.3 Å². The second-order valence-electron chi connectivity index (χ2n) is 3.96. The summed E-state index contributed by atoms with van der Waals surface area (Å²) in [6, 6.07) is 0. The SMILES string of the molecule is CC1(C(=O)N2CCOCC2)COC1. The maximum Gasteiger partial charge on any atom is 0.233 e. The van der Waals surface area contributed by atoms with Crippen molar-refractivity contribution in [2.24, 2.45) is 5.41 Å². The zero-order valence-electron chi connectivity index (χ0n) is 7.91. The molecule has 0 aromatic rings. The van der Waals surface area contributed by atoms with Crippen molar-refractivity contribution in [1.82, 2.24) is 4.90 Å². The minimum Gasteiger partial charge on any atom is -0.379 e. The van der Waals surface area contributed by atoms with Gasteiger partial charge in [0.25, 0.3) is 0 Å². The minimum absolute atomic E-state index is 0.224. The number of nitrogens with zero attached hydrogens (tertiary/aromatic N) is 1. The van der Waals surface area contributed by atoms with Gasteiger partial charge in [-0.3, -0.25) is 4.79 Å². The third-order valence-electron chi connectivity index (χ3n) is 2.66. The quantitative estimate of drug-likeness (QED) is 0.571. The van der Waals surface area contributed by atoms with E-state index >= 15 is 0 Å². The second-order valence-corrected chi connectivity index (χ2v) is 3.96. The average Bonchev–Trinajstić information content (AvgIpc) is 2.14. The fourth-order valence-electron chi connectivity index (χ4n) is 1.68. The van der Waals surface area contributed by atoms with Gasteiger partial charge in [0.05, 0.1) is 31.8 Å². The standard InChI is InChI=1S/C9H15NO3/c1-9(6-13-7-9)8(11)10-2-4-12-5-3-10/h2-7H2,1H3. The second kappa shape index (κ2) is 3.27. The minimum atomic E-state index is -0.253. The van der Waals surface area contributed by atoms with E-state index in [0.29, 0.717) is 26.4 Å². The van der Waals surface area contributed by atoms with Gasteiger partial charge in [0.2, 0.25) is 5.91 Å². The topological polar surface area (TPSA) is 38.8 Å². The van der Waals surface area contributed by atoms with Crippen LogP contribution in [0, 0.1) is 5.41 Å². The van der Waals surface area contributed by atoms with Gasteiger partial charge in [-0.15, -0.1) is 0 Å². The number of carbonyl (C=O) groups excluding carboxylic acids is 1. The molecule has 2 heterocycles. The van der Waals surface area contributed by atoms with E-state index in [0.717, 1.165) is 13.1 Å². The molecule has 0 aromatic carbocycles. The lowest BCUT2D eigenvalue weighted by Gasteiger charge is -2.41. The summed E-state index contributed by atoms with van der Waals surface area (Å²) in [4.78, 5) is 13.8. The first kappa shape index (κ1) is 8.97. The Labute approximate surface area is 77.8 Å². The smallest absolute Gasteiger partial charge is 0.233 e. The van der Waals surface area contributed by atoms with Crippen molar-refractivity contribution < 1.29 is 14.3 Å². The van der Waals surface area contributed by atoms with Crippen LogP contribution in [-0.4, -0.2) is 50.3 Å². The molecule has 0 spiro atoms. The first-order valence-corrected chi connectivity index (χ1v) is 4.67. The molecule has 2 aliphatic heterocycles. The van der Waals surface area contributed by atoms with Gasteiger partial charge >= 0.3 is 0 Å². The van der Waals surface area contributed by atoms with Crippen molar-refractivity contribution in [3.63, 3.8) is 0 Å². The van der Waals surface area contributed by atoms with Crippen LogP contribution in [0.15, 0.2) is 0 Å². The van der Waals surface area contributed by atoms with Crippen molar-refractivity contribution >= 4 is 5.91 Å². The summed E-state index contributed by atoms with van der Waals surface area (Å²) in [5, 5.41) is 0. The molecule has 2 rings (SSSR count). The van der Waals surface area contributed by atoms with Crippen molar-refractivity contribution in [3.8, 4) is 0 Å². The maximum atomic E-state index is 11.9. The third-order valence-corrected chi connectivity index (χ3v) is 2.66. The fraction of sp³-hybridized carbons (Fsp3) is 0.889. The van der Waals surface area contributed by atoms with E-state index in [9.17, 15) is 4.79 Å². The van der Waals surface area contributed by atoms with Crippen molar-refractivity contribution in [2.45, 2.75) is 6.92 Å². The molecule has 1 amide bonds. The Balaban J connectivity index is 1.95. The van der Waals surface area contributed by atoms with Crippen LogP contribution >= 0.6 is 0 Å². The zero-order valence-corrected chi connectivity index (χ0v) is 7.91. The lowest BCUT2D eigenvalue weighted by molar-refractivity contribution is -0.172. The number of amides is 1. The van der Waals surface area contributed by atoms with E-state index in [1.807, 2.05) is 11.8 Å².